The molecular weight excluding hydrogens is 1270 g/mol. The molecule has 0 amide bonds. The van der Waals surface area contributed by atoms with Gasteiger partial charge in [0.15, 0.2) is 12.2 Å². The minimum absolute atomic E-state index is 0.0847. The van der Waals surface area contributed by atoms with Crippen molar-refractivity contribution in [3.63, 3.8) is 0 Å². The van der Waals surface area contributed by atoms with Crippen molar-refractivity contribution in [2.24, 2.45) is 0 Å². The van der Waals surface area contributed by atoms with Crippen LogP contribution >= 0.6 is 15.6 Å². The molecule has 0 rings (SSSR count). The van der Waals surface area contributed by atoms with E-state index in [1.54, 1.807) is 0 Å². The highest BCUT2D eigenvalue weighted by Crippen LogP contribution is 2.45. The van der Waals surface area contributed by atoms with Crippen molar-refractivity contribution in [1.82, 2.24) is 0 Å². The van der Waals surface area contributed by atoms with Crippen LogP contribution in [0.15, 0.2) is 24.3 Å². The summed E-state index contributed by atoms with van der Waals surface area (Å²) in [6.07, 6.45) is 66.5. The molecule has 0 aromatic heterocycles. The van der Waals surface area contributed by atoms with Gasteiger partial charge in [-0.1, -0.05) is 341 Å². The first-order chi connectivity index (χ1) is 47.2. The first-order valence-electron chi connectivity index (χ1n) is 40.1. The molecule has 0 aliphatic heterocycles. The number of carbonyl (C=O) groups excluding carboxylic acids is 4. The summed E-state index contributed by atoms with van der Waals surface area (Å²) in [6, 6.07) is 0. The van der Waals surface area contributed by atoms with Crippen LogP contribution in [0.3, 0.4) is 0 Å². The number of ether oxygens (including phenoxy) is 4. The van der Waals surface area contributed by atoms with Gasteiger partial charge in [-0.15, -0.1) is 0 Å². The van der Waals surface area contributed by atoms with Gasteiger partial charge in [-0.2, -0.15) is 0 Å². The number of phosphoric ester groups is 2. The third kappa shape index (κ3) is 71.7. The molecule has 0 aromatic rings. The largest absolute Gasteiger partial charge is 0.472 e. The minimum atomic E-state index is -4.96. The number of esters is 4. The van der Waals surface area contributed by atoms with Crippen LogP contribution in [-0.2, 0) is 65.4 Å². The van der Waals surface area contributed by atoms with Crippen molar-refractivity contribution in [3.8, 4) is 0 Å². The lowest BCUT2D eigenvalue weighted by atomic mass is 10.0. The Morgan fingerprint density at radius 1 is 0.289 bits per heavy atom. The number of aliphatic hydroxyl groups excluding tert-OH is 1. The summed E-state index contributed by atoms with van der Waals surface area (Å²) in [5.41, 5.74) is 0. The van der Waals surface area contributed by atoms with Crippen LogP contribution in [0.2, 0.25) is 0 Å². The van der Waals surface area contributed by atoms with Crippen molar-refractivity contribution >= 4 is 39.5 Å². The Morgan fingerprint density at radius 3 is 0.753 bits per heavy atom. The Bertz CT molecular complexity index is 1940. The van der Waals surface area contributed by atoms with Gasteiger partial charge in [0.25, 0.3) is 0 Å². The molecule has 0 radical (unpaired) electrons. The van der Waals surface area contributed by atoms with E-state index in [9.17, 15) is 43.2 Å². The highest BCUT2D eigenvalue weighted by Gasteiger charge is 2.30. The fraction of sp³-hybridized carbons (Fsp3) is 0.897. The number of hydrogen-bond donors (Lipinski definition) is 3. The molecule has 0 bridgehead atoms. The number of allylic oxidation sites excluding steroid dienone is 4. The van der Waals surface area contributed by atoms with Crippen LogP contribution in [0.4, 0.5) is 0 Å². The maximum atomic E-state index is 13.1. The van der Waals surface area contributed by atoms with E-state index in [0.29, 0.717) is 25.7 Å². The zero-order valence-corrected chi connectivity index (χ0v) is 64.3. The molecule has 0 aliphatic rings. The zero-order valence-electron chi connectivity index (χ0n) is 62.5. The first kappa shape index (κ1) is 94.5. The lowest BCUT2D eigenvalue weighted by Crippen LogP contribution is -2.30. The number of hydrogen-bond acceptors (Lipinski definition) is 15. The molecule has 0 aliphatic carbocycles. The van der Waals surface area contributed by atoms with E-state index in [-0.39, 0.29) is 25.7 Å². The lowest BCUT2D eigenvalue weighted by molar-refractivity contribution is -0.161. The zero-order chi connectivity index (χ0) is 71.1. The quantitative estimate of drug-likeness (QED) is 0.0169. The van der Waals surface area contributed by atoms with Gasteiger partial charge in [0.05, 0.1) is 26.4 Å². The van der Waals surface area contributed by atoms with Gasteiger partial charge >= 0.3 is 39.5 Å². The van der Waals surface area contributed by atoms with Crippen molar-refractivity contribution in [3.05, 3.63) is 24.3 Å². The Morgan fingerprint density at radius 2 is 0.495 bits per heavy atom. The monoisotopic (exact) mass is 1420 g/mol. The van der Waals surface area contributed by atoms with Crippen LogP contribution in [0, 0.1) is 0 Å². The SMILES string of the molecule is CCCCCC/C=C\C=C/CCCCCCCC(=O)O[C@H](COC(=O)CCCCCCC)COP(=O)(O)OC[C@H](O)COP(=O)(O)OC[C@@H](COC(=O)CCCCCCCCCCCCCCCCCCC)OC(=O)CCCCCCCCCCCCCCCCCCCCCC. The molecule has 0 aromatic carbocycles. The van der Waals surface area contributed by atoms with E-state index in [2.05, 4.69) is 52.0 Å². The Labute approximate surface area is 592 Å². The second kappa shape index (κ2) is 71.9. The van der Waals surface area contributed by atoms with Gasteiger partial charge in [-0.25, -0.2) is 9.13 Å². The fourth-order valence-electron chi connectivity index (χ4n) is 11.6. The maximum absolute atomic E-state index is 13.1. The van der Waals surface area contributed by atoms with Gasteiger partial charge in [0.1, 0.15) is 19.3 Å². The van der Waals surface area contributed by atoms with Crippen molar-refractivity contribution in [1.29, 1.82) is 0 Å². The second-order valence-electron chi connectivity index (χ2n) is 27.4. The molecule has 0 fully saturated rings. The molecular formula is C78H148O17P2. The number of unbranched alkanes of at least 4 members (excludes halogenated alkanes) is 48. The van der Waals surface area contributed by atoms with Gasteiger partial charge in [-0.05, 0) is 51.4 Å². The van der Waals surface area contributed by atoms with Crippen LogP contribution in [0.25, 0.3) is 0 Å². The molecule has 0 saturated carbocycles. The smallest absolute Gasteiger partial charge is 0.462 e. The summed E-state index contributed by atoms with van der Waals surface area (Å²) in [5.74, 6) is -2.15. The number of aliphatic hydroxyl groups is 1. The van der Waals surface area contributed by atoms with Crippen LogP contribution in [0.1, 0.15) is 394 Å². The van der Waals surface area contributed by atoms with E-state index in [1.807, 2.05) is 0 Å². The number of phosphoric acid groups is 2. The standard InChI is InChI=1S/C78H148O17P2/c1-5-9-13-17-20-23-26-29-32-34-35-36-38-41-44-47-50-53-57-61-65-78(83)95-74(69-89-76(81)63-59-55-51-48-45-42-40-37-33-30-27-24-21-18-14-10-6-2)71-93-97(86,87)91-67-72(79)66-90-96(84,85)92-70-73(68-88-75(80)62-58-54-16-12-8-4)94-77(82)64-60-56-52-49-46-43-39-31-28-25-22-19-15-11-7-3/h25,28,31,39,72-74,79H,5-24,26-27,29-30,32-38,40-71H2,1-4H3,(H,84,85)(H,86,87)/b28-25-,39-31-/t72-,73+,74+/m0/s1. The summed E-state index contributed by atoms with van der Waals surface area (Å²) in [5, 5.41) is 10.6. The van der Waals surface area contributed by atoms with Crippen LogP contribution < -0.4 is 0 Å². The van der Waals surface area contributed by atoms with Crippen molar-refractivity contribution in [2.75, 3.05) is 39.6 Å². The molecule has 572 valence electrons. The van der Waals surface area contributed by atoms with E-state index in [1.165, 1.54) is 205 Å². The fourth-order valence-corrected chi connectivity index (χ4v) is 13.1. The van der Waals surface area contributed by atoms with E-state index < -0.39 is 97.5 Å². The van der Waals surface area contributed by atoms with E-state index >= 15 is 0 Å². The van der Waals surface area contributed by atoms with Crippen LogP contribution in [-0.4, -0.2) is 96.7 Å². The summed E-state index contributed by atoms with van der Waals surface area (Å²) < 4.78 is 68.3. The predicted molar refractivity (Wildman–Crippen MR) is 395 cm³/mol. The molecule has 0 spiro atoms. The molecule has 5 atom stereocenters. The predicted octanol–water partition coefficient (Wildman–Crippen LogP) is 23.0. The lowest BCUT2D eigenvalue weighted by Gasteiger charge is -2.21. The third-order valence-electron chi connectivity index (χ3n) is 17.7. The van der Waals surface area contributed by atoms with Crippen LogP contribution in [0.5, 0.6) is 0 Å². The molecule has 0 heterocycles. The van der Waals surface area contributed by atoms with E-state index in [0.717, 1.165) is 109 Å². The van der Waals surface area contributed by atoms with E-state index in [4.69, 9.17) is 37.0 Å². The van der Waals surface area contributed by atoms with Crippen molar-refractivity contribution < 1.29 is 80.2 Å². The molecule has 3 N–H and O–H groups in total. The highest BCUT2D eigenvalue weighted by atomic mass is 31.2. The number of rotatable bonds is 77. The average Bonchev–Trinajstić information content (AvgIpc) is 1.38. The topological polar surface area (TPSA) is 237 Å². The summed E-state index contributed by atoms with van der Waals surface area (Å²) in [7, 11) is -9.91. The first-order valence-corrected chi connectivity index (χ1v) is 43.1. The Kier molecular flexibility index (Phi) is 70.1. The molecule has 0 saturated heterocycles. The molecule has 17 nitrogen and oxygen atoms in total. The minimum Gasteiger partial charge on any atom is -0.462 e. The maximum Gasteiger partial charge on any atom is 0.472 e. The molecule has 2 unspecified atom stereocenters. The number of carbonyl (C=O) groups is 4. The average molecular weight is 1420 g/mol. The van der Waals surface area contributed by atoms with Gasteiger partial charge in [-0.3, -0.25) is 37.3 Å². The summed E-state index contributed by atoms with van der Waals surface area (Å²) in [6.45, 7) is 4.84. The summed E-state index contributed by atoms with van der Waals surface area (Å²) >= 11 is 0. The highest BCUT2D eigenvalue weighted by molar-refractivity contribution is 7.47. The molecule has 19 heteroatoms. The third-order valence-corrected chi connectivity index (χ3v) is 19.6. The van der Waals surface area contributed by atoms with Gasteiger partial charge < -0.3 is 33.8 Å². The van der Waals surface area contributed by atoms with Crippen molar-refractivity contribution in [2.45, 2.75) is 412 Å². The Balaban J connectivity index is 5.16. The molecule has 97 heavy (non-hydrogen) atoms. The van der Waals surface area contributed by atoms with Gasteiger partial charge in [0.2, 0.25) is 0 Å². The van der Waals surface area contributed by atoms with Gasteiger partial charge in [0, 0.05) is 25.7 Å². The Hall–Kier alpha value is -2.46. The normalized spacial score (nSPS) is 14.0. The second-order valence-corrected chi connectivity index (χ2v) is 30.3. The summed E-state index contributed by atoms with van der Waals surface area (Å²) in [4.78, 5) is 72.6.